The number of anilines is 1. The molecule has 0 aromatic heterocycles. The number of methoxy groups -OCH3 is 1. The lowest BCUT2D eigenvalue weighted by Gasteiger charge is -2.44. The summed E-state index contributed by atoms with van der Waals surface area (Å²) in [6.45, 7) is 0. The van der Waals surface area contributed by atoms with Crippen LogP contribution in [0.3, 0.4) is 0 Å². The van der Waals surface area contributed by atoms with Gasteiger partial charge >= 0.3 is 0 Å². The zero-order valence-electron chi connectivity index (χ0n) is 16.9. The van der Waals surface area contributed by atoms with Crippen LogP contribution in [0.25, 0.3) is 5.70 Å². The van der Waals surface area contributed by atoms with Gasteiger partial charge < -0.3 is 20.2 Å². The van der Waals surface area contributed by atoms with Gasteiger partial charge in [0.1, 0.15) is 11.5 Å². The average molecular weight is 555 g/mol. The fraction of sp³-hybridized carbons (Fsp3) is 0.125. The Bertz CT molecular complexity index is 1330. The van der Waals surface area contributed by atoms with Crippen molar-refractivity contribution in [1.82, 2.24) is 10.4 Å². The fourth-order valence-electron chi connectivity index (χ4n) is 4.55. The Kier molecular flexibility index (Phi) is 4.40. The second-order valence-corrected chi connectivity index (χ2v) is 9.64. The third-order valence-electron chi connectivity index (χ3n) is 6.01. The van der Waals surface area contributed by atoms with Gasteiger partial charge in [-0.15, -0.1) is 0 Å². The predicted octanol–water partition coefficient (Wildman–Crippen LogP) is 5.32. The van der Waals surface area contributed by atoms with Crippen LogP contribution < -0.4 is 20.2 Å². The molecule has 6 rings (SSSR count). The van der Waals surface area contributed by atoms with Crippen molar-refractivity contribution >= 4 is 49.2 Å². The van der Waals surface area contributed by atoms with E-state index in [1.165, 1.54) is 0 Å². The minimum atomic E-state index is -1.36. The predicted molar refractivity (Wildman–Crippen MR) is 128 cm³/mol. The maximum Gasteiger partial charge on any atom is 0.291 e. The lowest BCUT2D eigenvalue weighted by atomic mass is 9.95. The number of fused-ring (bicyclic) bond motifs is 6. The molecule has 0 fully saturated rings. The molecule has 2 atom stereocenters. The van der Waals surface area contributed by atoms with Crippen LogP contribution in [0, 0.1) is 0 Å². The first-order valence-corrected chi connectivity index (χ1v) is 11.6. The van der Waals surface area contributed by atoms with Gasteiger partial charge in [-0.2, -0.15) is 5.01 Å². The minimum Gasteiger partial charge on any atom is -0.497 e. The molecule has 6 nitrogen and oxygen atoms in total. The molecule has 3 aromatic rings. The van der Waals surface area contributed by atoms with E-state index in [1.807, 2.05) is 65.7 Å². The molecule has 3 heterocycles. The molecule has 1 spiro atoms. The number of rotatable bonds is 2. The highest BCUT2D eigenvalue weighted by molar-refractivity contribution is 9.10. The summed E-state index contributed by atoms with van der Waals surface area (Å²) in [4.78, 5) is 13.5. The van der Waals surface area contributed by atoms with E-state index in [-0.39, 0.29) is 11.9 Å². The van der Waals surface area contributed by atoms with Gasteiger partial charge in [-0.25, -0.2) is 0 Å². The second kappa shape index (κ2) is 7.10. The van der Waals surface area contributed by atoms with Crippen LogP contribution in [0.1, 0.15) is 22.7 Å². The maximum atomic E-state index is 13.5. The molecule has 2 unspecified atom stereocenters. The third-order valence-corrected chi connectivity index (χ3v) is 7.00. The number of hydrazine groups is 1. The van der Waals surface area contributed by atoms with E-state index >= 15 is 0 Å². The van der Waals surface area contributed by atoms with Gasteiger partial charge in [-0.3, -0.25) is 4.79 Å². The van der Waals surface area contributed by atoms with Crippen LogP contribution in [0.2, 0.25) is 0 Å². The van der Waals surface area contributed by atoms with Crippen molar-refractivity contribution in [3.63, 3.8) is 0 Å². The number of hydrogen-bond donors (Lipinski definition) is 2. The zero-order chi connectivity index (χ0) is 22.0. The summed E-state index contributed by atoms with van der Waals surface area (Å²) in [6.07, 6.45) is 2.12. The number of halogens is 2. The van der Waals surface area contributed by atoms with Crippen LogP contribution in [0.4, 0.5) is 5.69 Å². The molecule has 32 heavy (non-hydrogen) atoms. The van der Waals surface area contributed by atoms with Crippen LogP contribution in [0.15, 0.2) is 75.7 Å². The van der Waals surface area contributed by atoms with E-state index in [1.54, 1.807) is 7.11 Å². The largest absolute Gasteiger partial charge is 0.497 e. The quantitative estimate of drug-likeness (QED) is 0.449. The summed E-state index contributed by atoms with van der Waals surface area (Å²) in [5, 5.41) is 4.89. The first kappa shape index (κ1) is 19.8. The Balaban J connectivity index is 1.55. The summed E-state index contributed by atoms with van der Waals surface area (Å²) in [7, 11) is 1.65. The topological polar surface area (TPSA) is 62.8 Å². The normalized spacial score (nSPS) is 22.9. The minimum absolute atomic E-state index is 0.229. The number of carbonyl (C=O) groups excluding carboxylic acids is 1. The monoisotopic (exact) mass is 553 g/mol. The lowest BCUT2D eigenvalue weighted by Crippen LogP contribution is -2.60. The van der Waals surface area contributed by atoms with E-state index in [9.17, 15) is 4.79 Å². The zero-order valence-corrected chi connectivity index (χ0v) is 20.0. The Morgan fingerprint density at radius 1 is 1.06 bits per heavy atom. The number of benzene rings is 3. The first-order valence-electron chi connectivity index (χ1n) is 10.0. The van der Waals surface area contributed by atoms with Crippen molar-refractivity contribution in [3.05, 3.63) is 92.4 Å². The molecule has 3 aliphatic heterocycles. The molecule has 160 valence electrons. The summed E-state index contributed by atoms with van der Waals surface area (Å²) >= 11 is 7.12. The summed E-state index contributed by atoms with van der Waals surface area (Å²) in [5.74, 6) is 1.19. The smallest absolute Gasteiger partial charge is 0.291 e. The van der Waals surface area contributed by atoms with Gasteiger partial charge in [0.25, 0.3) is 11.6 Å². The fourth-order valence-corrected chi connectivity index (χ4v) is 5.29. The lowest BCUT2D eigenvalue weighted by molar-refractivity contribution is -0.165. The molecule has 1 amide bonds. The highest BCUT2D eigenvalue weighted by Gasteiger charge is 2.60. The molecule has 8 heteroatoms. The molecular weight excluding hydrogens is 538 g/mol. The Labute approximate surface area is 201 Å². The molecule has 0 radical (unpaired) electrons. The van der Waals surface area contributed by atoms with Gasteiger partial charge in [0.15, 0.2) is 0 Å². The van der Waals surface area contributed by atoms with E-state index in [0.717, 1.165) is 42.8 Å². The van der Waals surface area contributed by atoms with E-state index in [0.29, 0.717) is 5.75 Å². The van der Waals surface area contributed by atoms with Gasteiger partial charge in [-0.05, 0) is 54.6 Å². The number of nitrogens with zero attached hydrogens (tertiary/aromatic N) is 1. The number of hydrogen-bond acceptors (Lipinski definition) is 5. The molecule has 3 aromatic carbocycles. The third kappa shape index (κ3) is 2.76. The summed E-state index contributed by atoms with van der Waals surface area (Å²) < 4.78 is 13.7. The maximum absolute atomic E-state index is 13.5. The number of nitrogens with one attached hydrogen (secondary N) is 2. The van der Waals surface area contributed by atoms with E-state index in [2.05, 4.69) is 48.7 Å². The van der Waals surface area contributed by atoms with Crippen LogP contribution in [-0.2, 0) is 10.5 Å². The summed E-state index contributed by atoms with van der Waals surface area (Å²) in [5.41, 5.74) is 6.39. The SMILES string of the molecule is COc1cccc(C2=CC3c4cc(Br)ccc4OC4(C(=O)Nc5ccc(Br)cc54)N3N2)c1. The van der Waals surface area contributed by atoms with Crippen LogP contribution in [0.5, 0.6) is 11.5 Å². The van der Waals surface area contributed by atoms with Crippen molar-refractivity contribution in [2.45, 2.75) is 11.8 Å². The van der Waals surface area contributed by atoms with Crippen molar-refractivity contribution in [1.29, 1.82) is 0 Å². The molecule has 0 aliphatic carbocycles. The Hall–Kier alpha value is -2.81. The molecule has 0 bridgehead atoms. The number of amides is 1. The Morgan fingerprint density at radius 2 is 1.88 bits per heavy atom. The summed E-state index contributed by atoms with van der Waals surface area (Å²) in [6, 6.07) is 19.2. The molecule has 0 saturated heterocycles. The number of ether oxygens (including phenoxy) is 2. The van der Waals surface area contributed by atoms with Gasteiger partial charge in [0.2, 0.25) is 0 Å². The van der Waals surface area contributed by atoms with Crippen molar-refractivity contribution in [3.8, 4) is 11.5 Å². The van der Waals surface area contributed by atoms with Crippen LogP contribution in [-0.4, -0.2) is 18.0 Å². The molecule has 2 N–H and O–H groups in total. The molecule has 3 aliphatic rings. The molecule has 0 saturated carbocycles. The Morgan fingerprint density at radius 3 is 2.72 bits per heavy atom. The highest BCUT2D eigenvalue weighted by Crippen LogP contribution is 2.53. The van der Waals surface area contributed by atoms with Crippen molar-refractivity contribution < 1.29 is 14.3 Å². The van der Waals surface area contributed by atoms with Gasteiger partial charge in [-0.1, -0.05) is 44.0 Å². The second-order valence-electron chi connectivity index (χ2n) is 7.81. The van der Waals surface area contributed by atoms with Gasteiger partial charge in [0, 0.05) is 25.6 Å². The van der Waals surface area contributed by atoms with Crippen molar-refractivity contribution in [2.24, 2.45) is 0 Å². The number of carbonyl (C=O) groups is 1. The molecular formula is C24H17Br2N3O3. The van der Waals surface area contributed by atoms with Crippen molar-refractivity contribution in [2.75, 3.05) is 12.4 Å². The standard InChI is InChI=1S/C24H17Br2N3O3/c1-31-16-4-2-3-13(9-16)20-12-21-17-10-14(25)6-8-22(17)32-24(29(21)28-20)18-11-15(26)5-7-19(18)27-23(24)30/h2-12,21,28H,1H3,(H,27,30). The van der Waals surface area contributed by atoms with E-state index < -0.39 is 5.72 Å². The average Bonchev–Trinajstić information content (AvgIpc) is 3.36. The van der Waals surface area contributed by atoms with Crippen LogP contribution >= 0.6 is 31.9 Å². The van der Waals surface area contributed by atoms with E-state index in [4.69, 9.17) is 9.47 Å². The highest BCUT2D eigenvalue weighted by atomic mass is 79.9. The van der Waals surface area contributed by atoms with Gasteiger partial charge in [0.05, 0.1) is 24.5 Å². The first-order chi connectivity index (χ1) is 15.5.